The fraction of sp³-hybridized carbons (Fsp3) is 0.611. The van der Waals surface area contributed by atoms with Crippen molar-refractivity contribution in [3.8, 4) is 0 Å². The van der Waals surface area contributed by atoms with Crippen molar-refractivity contribution in [1.29, 1.82) is 0 Å². The minimum absolute atomic E-state index is 0. The maximum absolute atomic E-state index is 10.2. The molecule has 22 heavy (non-hydrogen) atoms. The second kappa shape index (κ2) is 18.7. The number of aliphatic hydroxyl groups is 1. The summed E-state index contributed by atoms with van der Waals surface area (Å²) in [5, 5.41) is 20.0. The summed E-state index contributed by atoms with van der Waals surface area (Å²) in [7, 11) is 0. The Bertz CT molecular complexity index is 335. The molecule has 0 bridgehead atoms. The van der Waals surface area contributed by atoms with Crippen molar-refractivity contribution in [1.82, 2.24) is 0 Å². The topological polar surface area (TPSA) is 60.4 Å². The number of aliphatic carboxylic acids is 1. The monoisotopic (exact) mass is 316 g/mol. The quantitative estimate of drug-likeness (QED) is 0.302. The second-order valence-corrected chi connectivity index (χ2v) is 5.24. The van der Waals surface area contributed by atoms with Gasteiger partial charge in [-0.25, -0.2) is 0 Å². The SMILES string of the molecule is CCCC/C=C/C=C/C=C/CC(O)CCCCCC(=O)[O-].[Na+]. The molecule has 0 saturated heterocycles. The number of carbonyl (C=O) groups excluding carboxylic acids is 1. The fourth-order valence-corrected chi connectivity index (χ4v) is 1.88. The molecule has 0 fully saturated rings. The molecular weight excluding hydrogens is 287 g/mol. The van der Waals surface area contributed by atoms with Crippen LogP contribution in [0.2, 0.25) is 0 Å². The number of carbonyl (C=O) groups is 1. The molecule has 0 aromatic heterocycles. The summed E-state index contributed by atoms with van der Waals surface area (Å²) in [5.41, 5.74) is 0. The molecule has 0 rings (SSSR count). The zero-order valence-corrected chi connectivity index (χ0v) is 16.2. The van der Waals surface area contributed by atoms with Gasteiger partial charge in [-0.2, -0.15) is 0 Å². The number of carboxylic acid groups (broad SMARTS) is 1. The van der Waals surface area contributed by atoms with Crippen molar-refractivity contribution < 1.29 is 44.6 Å². The summed E-state index contributed by atoms with van der Waals surface area (Å²) in [6.07, 6.45) is 19.1. The largest absolute Gasteiger partial charge is 1.00 e. The molecule has 0 aliphatic carbocycles. The van der Waals surface area contributed by atoms with Crippen LogP contribution in [0.4, 0.5) is 0 Å². The Hall–Kier alpha value is -0.350. The van der Waals surface area contributed by atoms with Gasteiger partial charge in [0, 0.05) is 5.97 Å². The first-order valence-corrected chi connectivity index (χ1v) is 8.03. The molecule has 0 saturated carbocycles. The van der Waals surface area contributed by atoms with Gasteiger partial charge in [0.25, 0.3) is 0 Å². The number of carboxylic acids is 1. The first-order valence-electron chi connectivity index (χ1n) is 8.03. The number of allylic oxidation sites excluding steroid dienone is 5. The molecule has 0 aliphatic heterocycles. The molecule has 0 aromatic carbocycles. The van der Waals surface area contributed by atoms with Crippen LogP contribution in [0.15, 0.2) is 36.5 Å². The minimum atomic E-state index is -0.992. The Morgan fingerprint density at radius 1 is 1.05 bits per heavy atom. The molecule has 4 heteroatoms. The maximum Gasteiger partial charge on any atom is 1.00 e. The standard InChI is InChI=1S/C18H30O3.Na/c1-2-3-4-5-6-7-8-9-11-14-17(19)15-12-10-13-16-18(20)21;/h5-9,11,17,19H,2-4,10,12-16H2,1H3,(H,20,21);/q;+1/p-1/b6-5+,8-7+,11-9+;. The number of unbranched alkanes of at least 4 members (excludes halogenated alkanes) is 4. The molecular formula is C18H29NaO3. The van der Waals surface area contributed by atoms with Crippen LogP contribution in [-0.4, -0.2) is 17.2 Å². The van der Waals surface area contributed by atoms with E-state index in [1.165, 1.54) is 12.8 Å². The molecule has 120 valence electrons. The van der Waals surface area contributed by atoms with Gasteiger partial charge < -0.3 is 15.0 Å². The Labute approximate surface area is 157 Å². The minimum Gasteiger partial charge on any atom is -0.550 e. The van der Waals surface area contributed by atoms with Gasteiger partial charge in [-0.15, -0.1) is 0 Å². The van der Waals surface area contributed by atoms with Crippen molar-refractivity contribution in [2.24, 2.45) is 0 Å². The van der Waals surface area contributed by atoms with Crippen LogP contribution in [0.5, 0.6) is 0 Å². The normalized spacial score (nSPS) is 13.0. The van der Waals surface area contributed by atoms with Crippen molar-refractivity contribution in [3.63, 3.8) is 0 Å². The number of aliphatic hydroxyl groups excluding tert-OH is 1. The molecule has 1 unspecified atom stereocenters. The number of hydrogen-bond acceptors (Lipinski definition) is 3. The molecule has 0 radical (unpaired) electrons. The third kappa shape index (κ3) is 19.7. The third-order valence-electron chi connectivity index (χ3n) is 3.16. The smallest absolute Gasteiger partial charge is 0.550 e. The third-order valence-corrected chi connectivity index (χ3v) is 3.16. The maximum atomic E-state index is 10.2. The molecule has 0 spiro atoms. The van der Waals surface area contributed by atoms with Gasteiger partial charge >= 0.3 is 29.6 Å². The summed E-state index contributed by atoms with van der Waals surface area (Å²) in [4.78, 5) is 10.2. The van der Waals surface area contributed by atoms with E-state index in [1.807, 2.05) is 30.4 Å². The Kier molecular flexibility index (Phi) is 20.3. The summed E-state index contributed by atoms with van der Waals surface area (Å²) in [6.45, 7) is 2.18. The summed E-state index contributed by atoms with van der Waals surface area (Å²) < 4.78 is 0. The van der Waals surface area contributed by atoms with Crippen LogP contribution < -0.4 is 34.7 Å². The van der Waals surface area contributed by atoms with Gasteiger partial charge in [0.1, 0.15) is 0 Å². The summed E-state index contributed by atoms with van der Waals surface area (Å²) in [6, 6.07) is 0. The number of hydrogen-bond donors (Lipinski definition) is 1. The van der Waals surface area contributed by atoms with Crippen LogP contribution in [0.25, 0.3) is 0 Å². The zero-order chi connectivity index (χ0) is 15.8. The molecule has 3 nitrogen and oxygen atoms in total. The van der Waals surface area contributed by atoms with Crippen molar-refractivity contribution in [3.05, 3.63) is 36.5 Å². The van der Waals surface area contributed by atoms with Gasteiger partial charge in [0.15, 0.2) is 0 Å². The average Bonchev–Trinajstić information content (AvgIpc) is 2.45. The molecule has 0 amide bonds. The van der Waals surface area contributed by atoms with Crippen LogP contribution in [0.1, 0.15) is 64.7 Å². The van der Waals surface area contributed by atoms with Crippen LogP contribution >= 0.6 is 0 Å². The zero-order valence-electron chi connectivity index (χ0n) is 14.2. The van der Waals surface area contributed by atoms with E-state index in [0.29, 0.717) is 12.8 Å². The van der Waals surface area contributed by atoms with E-state index in [4.69, 9.17) is 0 Å². The summed E-state index contributed by atoms with van der Waals surface area (Å²) in [5.74, 6) is -0.992. The predicted octanol–water partition coefficient (Wildman–Crippen LogP) is 0.301. The average molecular weight is 316 g/mol. The molecule has 1 N–H and O–H groups in total. The molecule has 1 atom stereocenters. The van der Waals surface area contributed by atoms with Gasteiger partial charge in [-0.1, -0.05) is 69.1 Å². The van der Waals surface area contributed by atoms with E-state index in [2.05, 4.69) is 13.0 Å². The van der Waals surface area contributed by atoms with Gasteiger partial charge in [0.2, 0.25) is 0 Å². The molecule has 0 aliphatic rings. The van der Waals surface area contributed by atoms with E-state index in [9.17, 15) is 15.0 Å². The molecule has 0 heterocycles. The molecule has 0 aromatic rings. The van der Waals surface area contributed by atoms with E-state index in [0.717, 1.165) is 25.7 Å². The Morgan fingerprint density at radius 3 is 2.36 bits per heavy atom. The number of rotatable bonds is 13. The first-order chi connectivity index (χ1) is 10.2. The summed E-state index contributed by atoms with van der Waals surface area (Å²) >= 11 is 0. The van der Waals surface area contributed by atoms with Crippen molar-refractivity contribution in [2.75, 3.05) is 0 Å². The second-order valence-electron chi connectivity index (χ2n) is 5.24. The van der Waals surface area contributed by atoms with Crippen LogP contribution in [0.3, 0.4) is 0 Å². The Morgan fingerprint density at radius 2 is 1.73 bits per heavy atom. The van der Waals surface area contributed by atoms with Gasteiger partial charge in [-0.3, -0.25) is 0 Å². The fourth-order valence-electron chi connectivity index (χ4n) is 1.88. The van der Waals surface area contributed by atoms with Crippen molar-refractivity contribution >= 4 is 5.97 Å². The van der Waals surface area contributed by atoms with E-state index < -0.39 is 5.97 Å². The van der Waals surface area contributed by atoms with Crippen LogP contribution in [-0.2, 0) is 4.79 Å². The Balaban J connectivity index is 0. The van der Waals surface area contributed by atoms with E-state index in [-0.39, 0.29) is 42.1 Å². The van der Waals surface area contributed by atoms with Crippen LogP contribution in [0, 0.1) is 0 Å². The van der Waals surface area contributed by atoms with E-state index >= 15 is 0 Å². The van der Waals surface area contributed by atoms with Crippen molar-refractivity contribution in [2.45, 2.75) is 70.8 Å². The first kappa shape index (κ1) is 23.9. The van der Waals surface area contributed by atoms with E-state index in [1.54, 1.807) is 0 Å². The predicted molar refractivity (Wildman–Crippen MR) is 85.7 cm³/mol. The van der Waals surface area contributed by atoms with Gasteiger partial charge in [-0.05, 0) is 32.1 Å². The van der Waals surface area contributed by atoms with Gasteiger partial charge in [0.05, 0.1) is 6.10 Å².